The molecule has 138 valence electrons. The number of carboxylic acid groups (broad SMARTS) is 2. The maximum atomic E-state index is 12.0. The van der Waals surface area contributed by atoms with Crippen LogP contribution in [0.3, 0.4) is 0 Å². The number of carbonyl (C=O) groups is 3. The Morgan fingerprint density at radius 3 is 2.24 bits per heavy atom. The van der Waals surface area contributed by atoms with E-state index in [1.807, 2.05) is 26.0 Å². The van der Waals surface area contributed by atoms with Gasteiger partial charge in [-0.1, -0.05) is 17.7 Å². The molecule has 1 fully saturated rings. The van der Waals surface area contributed by atoms with Gasteiger partial charge in [0.2, 0.25) is 5.91 Å². The molecule has 1 aliphatic heterocycles. The highest BCUT2D eigenvalue weighted by Gasteiger charge is 2.23. The summed E-state index contributed by atoms with van der Waals surface area (Å²) >= 11 is 5.88. The van der Waals surface area contributed by atoms with Crippen molar-refractivity contribution in [2.24, 2.45) is 0 Å². The van der Waals surface area contributed by atoms with Crippen molar-refractivity contribution in [2.75, 3.05) is 25.0 Å². The zero-order valence-corrected chi connectivity index (χ0v) is 14.7. The number of hydrogen-bond acceptors (Lipinski definition) is 5. The number of nitrogens with one attached hydrogen (secondary N) is 1. The molecule has 25 heavy (non-hydrogen) atoms. The van der Waals surface area contributed by atoms with Gasteiger partial charge >= 0.3 is 11.9 Å². The maximum absolute atomic E-state index is 12.0. The SMILES string of the molecule is CC1CN(CC(=O)Nc2cccc(Cl)c2)CC(C)O1.O=C(O)C(=O)O. The van der Waals surface area contributed by atoms with Crippen LogP contribution in [0.2, 0.25) is 5.02 Å². The molecule has 9 heteroatoms. The van der Waals surface area contributed by atoms with E-state index in [1.165, 1.54) is 0 Å². The van der Waals surface area contributed by atoms with Crippen molar-refractivity contribution in [1.82, 2.24) is 4.90 Å². The topological polar surface area (TPSA) is 116 Å². The van der Waals surface area contributed by atoms with Gasteiger partial charge < -0.3 is 20.3 Å². The molecule has 2 unspecified atom stereocenters. The summed E-state index contributed by atoms with van der Waals surface area (Å²) in [6.45, 7) is 6.00. The normalized spacial score (nSPS) is 20.1. The molecule has 1 aliphatic rings. The summed E-state index contributed by atoms with van der Waals surface area (Å²) in [4.78, 5) is 32.3. The summed E-state index contributed by atoms with van der Waals surface area (Å²) in [5, 5.41) is 18.3. The van der Waals surface area contributed by atoms with Gasteiger partial charge in [0.1, 0.15) is 0 Å². The first-order valence-corrected chi connectivity index (χ1v) is 7.94. The van der Waals surface area contributed by atoms with Crippen LogP contribution in [0.4, 0.5) is 5.69 Å². The van der Waals surface area contributed by atoms with E-state index in [0.717, 1.165) is 18.8 Å². The van der Waals surface area contributed by atoms with E-state index in [2.05, 4.69) is 10.2 Å². The quantitative estimate of drug-likeness (QED) is 0.689. The Morgan fingerprint density at radius 2 is 1.76 bits per heavy atom. The zero-order chi connectivity index (χ0) is 19.0. The van der Waals surface area contributed by atoms with Crippen LogP contribution in [0.1, 0.15) is 13.8 Å². The third kappa shape index (κ3) is 8.48. The first-order valence-electron chi connectivity index (χ1n) is 7.56. The number of amides is 1. The Kier molecular flexibility index (Phi) is 8.33. The lowest BCUT2D eigenvalue weighted by Gasteiger charge is -2.34. The molecule has 0 saturated carbocycles. The molecular formula is C16H21ClN2O6. The average molecular weight is 373 g/mol. The molecule has 3 N–H and O–H groups in total. The summed E-state index contributed by atoms with van der Waals surface area (Å²) < 4.78 is 5.64. The van der Waals surface area contributed by atoms with Crippen LogP contribution in [0.5, 0.6) is 0 Å². The van der Waals surface area contributed by atoms with E-state index in [0.29, 0.717) is 11.6 Å². The molecule has 1 amide bonds. The van der Waals surface area contributed by atoms with Crippen molar-refractivity contribution < 1.29 is 29.3 Å². The lowest BCUT2D eigenvalue weighted by molar-refractivity contribution is -0.159. The summed E-state index contributed by atoms with van der Waals surface area (Å²) in [6.07, 6.45) is 0.338. The third-order valence-electron chi connectivity index (χ3n) is 3.15. The molecule has 0 aromatic heterocycles. The van der Waals surface area contributed by atoms with Gasteiger partial charge in [-0.25, -0.2) is 9.59 Å². The fourth-order valence-electron chi connectivity index (χ4n) is 2.38. The molecule has 1 heterocycles. The minimum atomic E-state index is -1.82. The summed E-state index contributed by atoms with van der Waals surface area (Å²) in [5.41, 5.74) is 0.729. The predicted molar refractivity (Wildman–Crippen MR) is 91.8 cm³/mol. The van der Waals surface area contributed by atoms with Gasteiger partial charge in [-0.05, 0) is 32.0 Å². The number of carboxylic acids is 2. The van der Waals surface area contributed by atoms with Gasteiger partial charge in [-0.15, -0.1) is 0 Å². The minimum absolute atomic E-state index is 0.0245. The number of benzene rings is 1. The van der Waals surface area contributed by atoms with Crippen LogP contribution in [0.15, 0.2) is 24.3 Å². The molecule has 1 aromatic rings. The van der Waals surface area contributed by atoms with Crippen LogP contribution >= 0.6 is 11.6 Å². The fraction of sp³-hybridized carbons (Fsp3) is 0.438. The van der Waals surface area contributed by atoms with Gasteiger partial charge in [0.05, 0.1) is 18.8 Å². The summed E-state index contributed by atoms with van der Waals surface area (Å²) in [7, 11) is 0. The first-order chi connectivity index (χ1) is 11.7. The fourth-order valence-corrected chi connectivity index (χ4v) is 2.57. The number of halogens is 1. The van der Waals surface area contributed by atoms with Crippen LogP contribution in [-0.2, 0) is 19.1 Å². The van der Waals surface area contributed by atoms with Gasteiger partial charge in [-0.3, -0.25) is 9.69 Å². The van der Waals surface area contributed by atoms with E-state index in [9.17, 15) is 4.79 Å². The number of rotatable bonds is 3. The predicted octanol–water partition coefficient (Wildman–Crippen LogP) is 1.54. The number of hydrogen-bond donors (Lipinski definition) is 3. The van der Waals surface area contributed by atoms with Gasteiger partial charge in [0.25, 0.3) is 0 Å². The molecular weight excluding hydrogens is 352 g/mol. The molecule has 0 spiro atoms. The Bertz CT molecular complexity index is 602. The number of ether oxygens (including phenoxy) is 1. The number of aliphatic carboxylic acids is 2. The smallest absolute Gasteiger partial charge is 0.414 e. The highest BCUT2D eigenvalue weighted by Crippen LogP contribution is 2.15. The second-order valence-corrected chi connectivity index (χ2v) is 6.06. The van der Waals surface area contributed by atoms with E-state index < -0.39 is 11.9 Å². The highest BCUT2D eigenvalue weighted by atomic mass is 35.5. The van der Waals surface area contributed by atoms with E-state index in [1.54, 1.807) is 12.1 Å². The van der Waals surface area contributed by atoms with Crippen LogP contribution in [-0.4, -0.2) is 64.8 Å². The molecule has 0 radical (unpaired) electrons. The van der Waals surface area contributed by atoms with Gasteiger partial charge in [-0.2, -0.15) is 0 Å². The lowest BCUT2D eigenvalue weighted by Crippen LogP contribution is -2.48. The summed E-state index contributed by atoms with van der Waals surface area (Å²) in [5.74, 6) is -3.67. The van der Waals surface area contributed by atoms with Crippen LogP contribution < -0.4 is 5.32 Å². The van der Waals surface area contributed by atoms with Crippen molar-refractivity contribution in [1.29, 1.82) is 0 Å². The van der Waals surface area contributed by atoms with Crippen LogP contribution in [0, 0.1) is 0 Å². The van der Waals surface area contributed by atoms with Crippen molar-refractivity contribution in [3.63, 3.8) is 0 Å². The van der Waals surface area contributed by atoms with Crippen molar-refractivity contribution in [3.8, 4) is 0 Å². The maximum Gasteiger partial charge on any atom is 0.414 e. The largest absolute Gasteiger partial charge is 0.473 e. The van der Waals surface area contributed by atoms with Crippen molar-refractivity contribution in [2.45, 2.75) is 26.1 Å². The molecule has 1 aromatic carbocycles. The number of morpholine rings is 1. The molecule has 0 bridgehead atoms. The average Bonchev–Trinajstić information content (AvgIpc) is 2.46. The summed E-state index contributed by atoms with van der Waals surface area (Å²) in [6, 6.07) is 7.16. The Morgan fingerprint density at radius 1 is 1.20 bits per heavy atom. The van der Waals surface area contributed by atoms with Crippen LogP contribution in [0.25, 0.3) is 0 Å². The number of carbonyl (C=O) groups excluding carboxylic acids is 1. The minimum Gasteiger partial charge on any atom is -0.473 e. The Balaban J connectivity index is 0.000000450. The second kappa shape index (κ2) is 9.97. The molecule has 1 saturated heterocycles. The molecule has 0 aliphatic carbocycles. The van der Waals surface area contributed by atoms with E-state index in [-0.39, 0.29) is 18.1 Å². The van der Waals surface area contributed by atoms with Crippen molar-refractivity contribution in [3.05, 3.63) is 29.3 Å². The number of anilines is 1. The van der Waals surface area contributed by atoms with Crippen molar-refractivity contribution >= 4 is 35.1 Å². The highest BCUT2D eigenvalue weighted by molar-refractivity contribution is 6.30. The Labute approximate surface area is 150 Å². The monoisotopic (exact) mass is 372 g/mol. The third-order valence-corrected chi connectivity index (χ3v) is 3.39. The molecule has 2 rings (SSSR count). The van der Waals surface area contributed by atoms with E-state index >= 15 is 0 Å². The van der Waals surface area contributed by atoms with E-state index in [4.69, 9.17) is 36.1 Å². The van der Waals surface area contributed by atoms with Gasteiger partial charge in [0.15, 0.2) is 0 Å². The lowest BCUT2D eigenvalue weighted by atomic mass is 10.2. The molecule has 2 atom stereocenters. The standard InChI is InChI=1S/C14H19ClN2O2.C2H2O4/c1-10-7-17(8-11(2)19-10)9-14(18)16-13-5-3-4-12(15)6-13;3-1(4)2(5)6/h3-6,10-11H,7-9H2,1-2H3,(H,16,18);(H,3,4)(H,5,6). The second-order valence-electron chi connectivity index (χ2n) is 5.62. The van der Waals surface area contributed by atoms with Gasteiger partial charge in [0, 0.05) is 23.8 Å². The number of nitrogens with zero attached hydrogens (tertiary/aromatic N) is 1. The zero-order valence-electron chi connectivity index (χ0n) is 13.9. The first kappa shape index (κ1) is 20.9. The Hall–Kier alpha value is -2.16. The molecule has 8 nitrogen and oxygen atoms in total.